The maximum Gasteiger partial charge on any atom is 0.254 e. The van der Waals surface area contributed by atoms with Gasteiger partial charge in [-0.05, 0) is 49.9 Å². The lowest BCUT2D eigenvalue weighted by atomic mass is 9.99. The predicted octanol–water partition coefficient (Wildman–Crippen LogP) is 5.02. The first-order valence-corrected chi connectivity index (χ1v) is 12.3. The zero-order valence-corrected chi connectivity index (χ0v) is 20.7. The van der Waals surface area contributed by atoms with Crippen LogP contribution in [0.4, 0.5) is 5.95 Å². The summed E-state index contributed by atoms with van der Waals surface area (Å²) in [6.07, 6.45) is 2.93. The quantitative estimate of drug-likeness (QED) is 0.519. The number of fused-ring (bicyclic) bond motifs is 1. The zero-order chi connectivity index (χ0) is 24.4. The van der Waals surface area contributed by atoms with E-state index in [1.807, 2.05) is 60.4 Å². The second kappa shape index (κ2) is 9.94. The van der Waals surface area contributed by atoms with E-state index < -0.39 is 0 Å². The van der Waals surface area contributed by atoms with Crippen LogP contribution in [0.1, 0.15) is 46.9 Å². The third kappa shape index (κ3) is 5.09. The number of piperidine rings is 1. The number of hydrogen-bond acceptors (Lipinski definition) is 6. The Morgan fingerprint density at radius 1 is 1.00 bits per heavy atom. The molecule has 0 unspecified atom stereocenters. The lowest BCUT2D eigenvalue weighted by Gasteiger charge is -2.33. The summed E-state index contributed by atoms with van der Waals surface area (Å²) in [6.45, 7) is 7.21. The van der Waals surface area contributed by atoms with Crippen molar-refractivity contribution in [2.24, 2.45) is 5.92 Å². The highest BCUT2D eigenvalue weighted by molar-refractivity contribution is 5.94. The van der Waals surface area contributed by atoms with Gasteiger partial charge in [0.25, 0.3) is 5.91 Å². The maximum absolute atomic E-state index is 13.3. The number of aromatic nitrogens is 2. The van der Waals surface area contributed by atoms with Crippen LogP contribution in [0.25, 0.3) is 0 Å². The van der Waals surface area contributed by atoms with Gasteiger partial charge < -0.3 is 19.3 Å². The molecule has 2 aliphatic heterocycles. The number of carbonyl (C=O) groups is 1. The van der Waals surface area contributed by atoms with E-state index in [1.165, 1.54) is 0 Å². The Labute approximate surface area is 206 Å². The van der Waals surface area contributed by atoms with Crippen LogP contribution < -0.4 is 14.4 Å². The third-order valence-corrected chi connectivity index (χ3v) is 6.88. The number of anilines is 1. The molecule has 1 saturated heterocycles. The second-order valence-electron chi connectivity index (χ2n) is 9.55. The fraction of sp³-hybridized carbons (Fsp3) is 0.393. The van der Waals surface area contributed by atoms with Crippen molar-refractivity contribution in [3.8, 4) is 17.4 Å². The molecule has 0 bridgehead atoms. The molecular formula is C28H32N4O3. The number of hydrogen-bond donors (Lipinski definition) is 0. The number of amides is 1. The summed E-state index contributed by atoms with van der Waals surface area (Å²) in [5, 5.41) is 0. The molecule has 1 aromatic heterocycles. The van der Waals surface area contributed by atoms with E-state index in [0.29, 0.717) is 48.4 Å². The molecule has 0 radical (unpaired) electrons. The highest BCUT2D eigenvalue weighted by Crippen LogP contribution is 2.34. The Balaban J connectivity index is 1.48. The smallest absolute Gasteiger partial charge is 0.254 e. The summed E-state index contributed by atoms with van der Waals surface area (Å²) >= 11 is 0. The van der Waals surface area contributed by atoms with Crippen LogP contribution in [0.2, 0.25) is 0 Å². The molecule has 182 valence electrons. The van der Waals surface area contributed by atoms with Crippen molar-refractivity contribution in [1.29, 1.82) is 0 Å². The van der Waals surface area contributed by atoms with Gasteiger partial charge in [-0.1, -0.05) is 30.7 Å². The lowest BCUT2D eigenvalue weighted by molar-refractivity contribution is 0.0732. The number of carbonyl (C=O) groups excluding carboxylic acids is 1. The first kappa shape index (κ1) is 23.1. The van der Waals surface area contributed by atoms with E-state index in [1.54, 1.807) is 7.11 Å². The SMILES string of the molecule is COc1cccc(Oc2nc(N3CCC(C)CC3)nc3c2CN(C(=O)c2cccc(C)c2)CC3)c1. The Bertz CT molecular complexity index is 1220. The minimum Gasteiger partial charge on any atom is -0.497 e. The maximum atomic E-state index is 13.3. The molecule has 1 fully saturated rings. The topological polar surface area (TPSA) is 67.8 Å². The van der Waals surface area contributed by atoms with Gasteiger partial charge in [0, 0.05) is 37.7 Å². The average Bonchev–Trinajstić information content (AvgIpc) is 2.88. The van der Waals surface area contributed by atoms with E-state index in [2.05, 4.69) is 11.8 Å². The molecule has 0 spiro atoms. The standard InChI is InChI=1S/C28H32N4O3/c1-19-10-13-31(14-11-19)28-29-25-12-15-32(27(33)21-7-4-6-20(2)16-21)18-24(25)26(30-28)35-23-9-5-8-22(17-23)34-3/h4-9,16-17,19H,10-15,18H2,1-3H3. The molecular weight excluding hydrogens is 440 g/mol. The van der Waals surface area contributed by atoms with Crippen molar-refractivity contribution in [2.45, 2.75) is 39.7 Å². The molecule has 35 heavy (non-hydrogen) atoms. The molecule has 2 aliphatic rings. The van der Waals surface area contributed by atoms with Gasteiger partial charge in [-0.25, -0.2) is 4.98 Å². The number of benzene rings is 2. The van der Waals surface area contributed by atoms with Crippen LogP contribution in [0.15, 0.2) is 48.5 Å². The molecule has 2 aromatic carbocycles. The largest absolute Gasteiger partial charge is 0.497 e. The van der Waals surface area contributed by atoms with Crippen LogP contribution in [0, 0.1) is 12.8 Å². The minimum absolute atomic E-state index is 0.0146. The number of nitrogens with zero attached hydrogens (tertiary/aromatic N) is 4. The molecule has 3 aromatic rings. The molecule has 0 aliphatic carbocycles. The van der Waals surface area contributed by atoms with Gasteiger partial charge in [-0.2, -0.15) is 4.98 Å². The van der Waals surface area contributed by atoms with Gasteiger partial charge in [-0.15, -0.1) is 0 Å². The molecule has 0 saturated carbocycles. The van der Waals surface area contributed by atoms with Crippen LogP contribution in [-0.4, -0.2) is 47.5 Å². The molecule has 5 rings (SSSR count). The fourth-order valence-corrected chi connectivity index (χ4v) is 4.72. The first-order valence-electron chi connectivity index (χ1n) is 12.3. The molecule has 3 heterocycles. The number of rotatable bonds is 5. The number of aryl methyl sites for hydroxylation is 1. The van der Waals surface area contributed by atoms with Crippen molar-refractivity contribution in [3.05, 3.63) is 70.9 Å². The van der Waals surface area contributed by atoms with Crippen molar-refractivity contribution >= 4 is 11.9 Å². The van der Waals surface area contributed by atoms with E-state index in [4.69, 9.17) is 19.4 Å². The zero-order valence-electron chi connectivity index (χ0n) is 20.7. The second-order valence-corrected chi connectivity index (χ2v) is 9.55. The summed E-state index contributed by atoms with van der Waals surface area (Å²) < 4.78 is 11.7. The van der Waals surface area contributed by atoms with E-state index in [9.17, 15) is 4.79 Å². The summed E-state index contributed by atoms with van der Waals surface area (Å²) in [5.41, 5.74) is 3.59. The van der Waals surface area contributed by atoms with Crippen LogP contribution in [0.3, 0.4) is 0 Å². The molecule has 1 amide bonds. The van der Waals surface area contributed by atoms with E-state index >= 15 is 0 Å². The van der Waals surface area contributed by atoms with Crippen LogP contribution >= 0.6 is 0 Å². The highest BCUT2D eigenvalue weighted by Gasteiger charge is 2.29. The Kier molecular flexibility index (Phi) is 6.57. The third-order valence-electron chi connectivity index (χ3n) is 6.88. The van der Waals surface area contributed by atoms with Gasteiger partial charge in [0.1, 0.15) is 11.5 Å². The Morgan fingerprint density at radius 3 is 2.54 bits per heavy atom. The molecule has 7 nitrogen and oxygen atoms in total. The normalized spacial score (nSPS) is 16.1. The fourth-order valence-electron chi connectivity index (χ4n) is 4.72. The van der Waals surface area contributed by atoms with E-state index in [0.717, 1.165) is 48.7 Å². The van der Waals surface area contributed by atoms with Crippen molar-refractivity contribution < 1.29 is 14.3 Å². The summed E-state index contributed by atoms with van der Waals surface area (Å²) in [6, 6.07) is 15.2. The number of methoxy groups -OCH3 is 1. The summed E-state index contributed by atoms with van der Waals surface area (Å²) in [7, 11) is 1.63. The van der Waals surface area contributed by atoms with Gasteiger partial charge >= 0.3 is 0 Å². The van der Waals surface area contributed by atoms with Crippen molar-refractivity contribution in [2.75, 3.05) is 31.6 Å². The van der Waals surface area contributed by atoms with E-state index in [-0.39, 0.29) is 5.91 Å². The van der Waals surface area contributed by atoms with Crippen molar-refractivity contribution in [3.63, 3.8) is 0 Å². The van der Waals surface area contributed by atoms with Crippen LogP contribution in [0.5, 0.6) is 17.4 Å². The van der Waals surface area contributed by atoms with Gasteiger partial charge in [0.15, 0.2) is 0 Å². The average molecular weight is 473 g/mol. The molecule has 0 N–H and O–H groups in total. The minimum atomic E-state index is 0.0146. The predicted molar refractivity (Wildman–Crippen MR) is 135 cm³/mol. The Morgan fingerprint density at radius 2 is 1.77 bits per heavy atom. The molecule has 0 atom stereocenters. The van der Waals surface area contributed by atoms with Crippen molar-refractivity contribution in [1.82, 2.24) is 14.9 Å². The summed E-state index contributed by atoms with van der Waals surface area (Å²) in [4.78, 5) is 27.2. The number of ether oxygens (including phenoxy) is 2. The summed E-state index contributed by atoms with van der Waals surface area (Å²) in [5.74, 6) is 3.32. The van der Waals surface area contributed by atoms with Gasteiger partial charge in [-0.3, -0.25) is 4.79 Å². The first-order chi connectivity index (χ1) is 17.0. The van der Waals surface area contributed by atoms with Gasteiger partial charge in [0.05, 0.1) is 24.9 Å². The van der Waals surface area contributed by atoms with Crippen LogP contribution in [-0.2, 0) is 13.0 Å². The monoisotopic (exact) mass is 472 g/mol. The van der Waals surface area contributed by atoms with Gasteiger partial charge in [0.2, 0.25) is 11.8 Å². The molecule has 7 heteroatoms. The highest BCUT2D eigenvalue weighted by atomic mass is 16.5. The lowest BCUT2D eigenvalue weighted by Crippen LogP contribution is -2.38. The Hall–Kier alpha value is -3.61.